The van der Waals surface area contributed by atoms with E-state index in [1.54, 1.807) is 4.57 Å². The van der Waals surface area contributed by atoms with Crippen molar-refractivity contribution in [1.29, 1.82) is 0 Å². The minimum absolute atomic E-state index is 0.235. The molecule has 6 heteroatoms. The van der Waals surface area contributed by atoms with Crippen LogP contribution in [-0.2, 0) is 22.4 Å². The van der Waals surface area contributed by atoms with E-state index in [-0.39, 0.29) is 5.82 Å². The van der Waals surface area contributed by atoms with E-state index in [0.29, 0.717) is 31.9 Å². The third-order valence-corrected chi connectivity index (χ3v) is 2.38. The Hall–Kier alpha value is -1.56. The number of imidazole rings is 1. The first kappa shape index (κ1) is 9.97. The Morgan fingerprint density at radius 1 is 1.60 bits per heavy atom. The van der Waals surface area contributed by atoms with Crippen LogP contribution >= 0.6 is 0 Å². The highest BCUT2D eigenvalue weighted by Gasteiger charge is 2.22. The zero-order chi connectivity index (χ0) is 10.8. The quantitative estimate of drug-likeness (QED) is 0.652. The van der Waals surface area contributed by atoms with Crippen molar-refractivity contribution in [3.8, 4) is 0 Å². The van der Waals surface area contributed by atoms with Crippen LogP contribution in [-0.4, -0.2) is 35.8 Å². The maximum atomic E-state index is 11.5. The third-order valence-electron chi connectivity index (χ3n) is 2.38. The van der Waals surface area contributed by atoms with Crippen molar-refractivity contribution in [2.45, 2.75) is 13.0 Å². The summed E-state index contributed by atoms with van der Waals surface area (Å²) in [6.45, 7) is 1.76. The normalized spacial score (nSPS) is 15.5. The molecule has 6 nitrogen and oxygen atoms in total. The number of ether oxygens (including phenoxy) is 2. The van der Waals surface area contributed by atoms with Gasteiger partial charge in [0.1, 0.15) is 5.82 Å². The zero-order valence-corrected chi connectivity index (χ0v) is 8.52. The first-order valence-electron chi connectivity index (χ1n) is 4.75. The Bertz CT molecular complexity index is 386. The van der Waals surface area contributed by atoms with Crippen LogP contribution in [0.3, 0.4) is 0 Å². The molecule has 0 saturated carbocycles. The van der Waals surface area contributed by atoms with E-state index in [4.69, 9.17) is 10.5 Å². The molecule has 0 amide bonds. The number of methoxy groups -OCH3 is 1. The van der Waals surface area contributed by atoms with Gasteiger partial charge in [0.15, 0.2) is 11.5 Å². The van der Waals surface area contributed by atoms with Crippen molar-refractivity contribution in [2.75, 3.05) is 26.1 Å². The molecule has 0 spiro atoms. The summed E-state index contributed by atoms with van der Waals surface area (Å²) in [6, 6.07) is 0. The van der Waals surface area contributed by atoms with Gasteiger partial charge in [0.05, 0.1) is 20.3 Å². The maximum Gasteiger partial charge on any atom is 0.358 e. The predicted molar refractivity (Wildman–Crippen MR) is 52.5 cm³/mol. The number of aromatic nitrogens is 2. The Morgan fingerprint density at radius 3 is 3.13 bits per heavy atom. The van der Waals surface area contributed by atoms with E-state index in [9.17, 15) is 4.79 Å². The molecule has 2 heterocycles. The molecule has 1 aliphatic heterocycles. The van der Waals surface area contributed by atoms with Gasteiger partial charge in [-0.1, -0.05) is 0 Å². The number of anilines is 1. The molecule has 0 aliphatic carbocycles. The lowest BCUT2D eigenvalue weighted by Gasteiger charge is -2.06. The Balaban J connectivity index is 2.44. The highest BCUT2D eigenvalue weighted by Crippen LogP contribution is 2.17. The van der Waals surface area contributed by atoms with Gasteiger partial charge in [0.25, 0.3) is 0 Å². The fourth-order valence-electron chi connectivity index (χ4n) is 1.68. The summed E-state index contributed by atoms with van der Waals surface area (Å²) >= 11 is 0. The van der Waals surface area contributed by atoms with Crippen LogP contribution in [0.25, 0.3) is 0 Å². The number of hydrogen-bond acceptors (Lipinski definition) is 5. The number of nitrogens with two attached hydrogens (primary N) is 1. The first-order valence-corrected chi connectivity index (χ1v) is 4.75. The topological polar surface area (TPSA) is 79.4 Å². The van der Waals surface area contributed by atoms with Crippen LogP contribution in [0.2, 0.25) is 0 Å². The second kappa shape index (κ2) is 3.90. The van der Waals surface area contributed by atoms with Crippen molar-refractivity contribution < 1.29 is 14.3 Å². The number of carbonyl (C=O) groups is 1. The van der Waals surface area contributed by atoms with Gasteiger partial charge in [-0.05, 0) is 0 Å². The molecule has 0 radical (unpaired) electrons. The standard InChI is InChI=1S/C9H13N3O3/c1-14-9(13)7-8(10)11-6-2-4-15-5-3-12(6)7/h2-5,10H2,1H3. The van der Waals surface area contributed by atoms with Crippen LogP contribution in [0.1, 0.15) is 16.3 Å². The largest absolute Gasteiger partial charge is 0.464 e. The van der Waals surface area contributed by atoms with Crippen LogP contribution in [0.4, 0.5) is 5.82 Å². The van der Waals surface area contributed by atoms with E-state index in [2.05, 4.69) is 9.72 Å². The summed E-state index contributed by atoms with van der Waals surface area (Å²) in [4.78, 5) is 15.6. The van der Waals surface area contributed by atoms with Crippen LogP contribution in [0.15, 0.2) is 0 Å². The fourth-order valence-corrected chi connectivity index (χ4v) is 1.68. The maximum absolute atomic E-state index is 11.5. The van der Waals surface area contributed by atoms with E-state index in [0.717, 1.165) is 5.82 Å². The van der Waals surface area contributed by atoms with Gasteiger partial charge in [0, 0.05) is 13.0 Å². The summed E-state index contributed by atoms with van der Waals surface area (Å²) in [7, 11) is 1.33. The summed E-state index contributed by atoms with van der Waals surface area (Å²) in [5.74, 6) is 0.567. The third kappa shape index (κ3) is 1.68. The molecular weight excluding hydrogens is 198 g/mol. The molecule has 0 fully saturated rings. The summed E-state index contributed by atoms with van der Waals surface area (Å²) in [5, 5.41) is 0. The summed E-state index contributed by atoms with van der Waals surface area (Å²) in [5.41, 5.74) is 6.01. The van der Waals surface area contributed by atoms with E-state index in [1.165, 1.54) is 7.11 Å². The number of nitrogens with zero attached hydrogens (tertiary/aromatic N) is 2. The van der Waals surface area contributed by atoms with Crippen molar-refractivity contribution in [1.82, 2.24) is 9.55 Å². The van der Waals surface area contributed by atoms with Crippen molar-refractivity contribution >= 4 is 11.8 Å². The first-order chi connectivity index (χ1) is 7.24. The monoisotopic (exact) mass is 211 g/mol. The SMILES string of the molecule is COC(=O)c1c(N)nc2n1CCOCC2. The van der Waals surface area contributed by atoms with Gasteiger partial charge in [0.2, 0.25) is 0 Å². The number of rotatable bonds is 1. The molecule has 0 saturated heterocycles. The fraction of sp³-hybridized carbons (Fsp3) is 0.556. The Labute approximate surface area is 87.0 Å². The highest BCUT2D eigenvalue weighted by molar-refractivity contribution is 5.92. The molecule has 0 aromatic carbocycles. The summed E-state index contributed by atoms with van der Waals surface area (Å²) in [6.07, 6.45) is 0.668. The molecule has 0 unspecified atom stereocenters. The van der Waals surface area contributed by atoms with E-state index in [1.807, 2.05) is 0 Å². The van der Waals surface area contributed by atoms with Gasteiger partial charge in [-0.2, -0.15) is 0 Å². The number of carbonyl (C=O) groups excluding carboxylic acids is 1. The average Bonchev–Trinajstić information content (AvgIpc) is 2.40. The molecule has 1 aromatic heterocycles. The van der Waals surface area contributed by atoms with Gasteiger partial charge in [-0.25, -0.2) is 9.78 Å². The second-order valence-corrected chi connectivity index (χ2v) is 3.27. The van der Waals surface area contributed by atoms with Crippen molar-refractivity contribution in [3.63, 3.8) is 0 Å². The van der Waals surface area contributed by atoms with Crippen molar-refractivity contribution in [3.05, 3.63) is 11.5 Å². The lowest BCUT2D eigenvalue weighted by Crippen LogP contribution is -2.14. The van der Waals surface area contributed by atoms with Gasteiger partial charge in [-0.15, -0.1) is 0 Å². The van der Waals surface area contributed by atoms with Crippen LogP contribution < -0.4 is 5.73 Å². The lowest BCUT2D eigenvalue weighted by molar-refractivity contribution is 0.0587. The molecule has 15 heavy (non-hydrogen) atoms. The lowest BCUT2D eigenvalue weighted by atomic mass is 10.4. The number of nitrogen functional groups attached to an aromatic ring is 1. The molecule has 0 atom stereocenters. The van der Waals surface area contributed by atoms with E-state index >= 15 is 0 Å². The Morgan fingerprint density at radius 2 is 2.40 bits per heavy atom. The van der Waals surface area contributed by atoms with Crippen molar-refractivity contribution in [2.24, 2.45) is 0 Å². The second-order valence-electron chi connectivity index (χ2n) is 3.27. The number of fused-ring (bicyclic) bond motifs is 1. The molecule has 2 rings (SSSR count). The van der Waals surface area contributed by atoms with E-state index < -0.39 is 5.97 Å². The molecular formula is C9H13N3O3. The molecule has 1 aliphatic rings. The van der Waals surface area contributed by atoms with Crippen LogP contribution in [0, 0.1) is 0 Å². The number of esters is 1. The minimum Gasteiger partial charge on any atom is -0.464 e. The van der Waals surface area contributed by atoms with Crippen LogP contribution in [0.5, 0.6) is 0 Å². The summed E-state index contributed by atoms with van der Waals surface area (Å²) < 4.78 is 11.7. The smallest absolute Gasteiger partial charge is 0.358 e. The molecule has 82 valence electrons. The number of hydrogen-bond donors (Lipinski definition) is 1. The van der Waals surface area contributed by atoms with Gasteiger partial charge in [-0.3, -0.25) is 0 Å². The average molecular weight is 211 g/mol. The minimum atomic E-state index is -0.451. The van der Waals surface area contributed by atoms with Gasteiger partial charge >= 0.3 is 5.97 Å². The molecule has 2 N–H and O–H groups in total. The highest BCUT2D eigenvalue weighted by atomic mass is 16.5. The predicted octanol–water partition coefficient (Wildman–Crippen LogP) is -0.175. The Kier molecular flexibility index (Phi) is 2.59. The molecule has 1 aromatic rings. The zero-order valence-electron chi connectivity index (χ0n) is 8.52. The van der Waals surface area contributed by atoms with Gasteiger partial charge < -0.3 is 19.8 Å². The molecule has 0 bridgehead atoms.